The Morgan fingerprint density at radius 1 is 1.00 bits per heavy atom. The number of rotatable bonds is 4. The maximum absolute atomic E-state index is 13.2. The minimum Gasteiger partial charge on any atom is -0.322 e. The van der Waals surface area contributed by atoms with Crippen molar-refractivity contribution < 1.29 is 13.2 Å². The molecule has 8 heteroatoms. The molecule has 2 heterocycles. The Morgan fingerprint density at radius 3 is 2.67 bits per heavy atom. The molecule has 0 aliphatic carbocycles. The quantitative estimate of drug-likeness (QED) is 0.336. The molecule has 6 nitrogen and oxygen atoms in total. The van der Waals surface area contributed by atoms with E-state index in [9.17, 15) is 13.2 Å². The normalized spacial score (nSPS) is 15.4. The van der Waals surface area contributed by atoms with Crippen LogP contribution in [-0.2, 0) is 10.0 Å². The van der Waals surface area contributed by atoms with Crippen molar-refractivity contribution in [1.29, 1.82) is 0 Å². The molecule has 0 atom stereocenters. The molecule has 1 saturated heterocycles. The van der Waals surface area contributed by atoms with E-state index in [4.69, 9.17) is 11.6 Å². The summed E-state index contributed by atoms with van der Waals surface area (Å²) in [5, 5.41) is 5.51. The van der Waals surface area contributed by atoms with E-state index in [0.29, 0.717) is 40.5 Å². The van der Waals surface area contributed by atoms with Crippen molar-refractivity contribution in [3.63, 3.8) is 0 Å². The van der Waals surface area contributed by atoms with Crippen LogP contribution in [0.4, 0.5) is 11.4 Å². The fraction of sp³-hybridized carbons (Fsp3) is 0.214. The highest BCUT2D eigenvalue weighted by Gasteiger charge is 2.25. The van der Waals surface area contributed by atoms with Crippen molar-refractivity contribution in [3.8, 4) is 11.3 Å². The van der Waals surface area contributed by atoms with Crippen LogP contribution in [0.2, 0.25) is 5.02 Å². The summed E-state index contributed by atoms with van der Waals surface area (Å²) in [7, 11) is -3.35. The molecule has 36 heavy (non-hydrogen) atoms. The SMILES string of the molecule is Cc1cc(N2CCCCCS2(=O)=O)ccc1C(=O)Nc1ccc(Cl)c(-c2nccc3ccccc23)c1. The first kappa shape index (κ1) is 24.3. The standard InChI is InChI=1S/C28H26ClN3O3S/c1-19-17-22(32-15-5-2-6-16-36(32,34)35)10-11-23(19)28(33)31-21-9-12-26(29)25(18-21)27-24-8-4-3-7-20(24)13-14-30-27/h3-4,7-14,17-18H,2,5-6,15-16H2,1H3,(H,31,33). The number of pyridine rings is 1. The van der Waals surface area contributed by atoms with Crippen LogP contribution in [0, 0.1) is 6.92 Å². The molecule has 5 rings (SSSR count). The molecule has 0 unspecified atom stereocenters. The number of nitrogens with zero attached hydrogens (tertiary/aromatic N) is 2. The number of aryl methyl sites for hydroxylation is 1. The molecule has 1 aromatic heterocycles. The molecule has 3 aromatic carbocycles. The number of hydrogen-bond acceptors (Lipinski definition) is 4. The smallest absolute Gasteiger partial charge is 0.255 e. The van der Waals surface area contributed by atoms with E-state index >= 15 is 0 Å². The Labute approximate surface area is 216 Å². The van der Waals surface area contributed by atoms with E-state index < -0.39 is 10.0 Å². The van der Waals surface area contributed by atoms with Crippen molar-refractivity contribution in [1.82, 2.24) is 4.98 Å². The Balaban J connectivity index is 1.42. The van der Waals surface area contributed by atoms with Crippen molar-refractivity contribution >= 4 is 49.7 Å². The summed E-state index contributed by atoms with van der Waals surface area (Å²) in [5.74, 6) is -0.129. The predicted molar refractivity (Wildman–Crippen MR) is 146 cm³/mol. The molecule has 0 saturated carbocycles. The van der Waals surface area contributed by atoms with Gasteiger partial charge in [-0.3, -0.25) is 14.1 Å². The molecule has 1 aliphatic heterocycles. The number of hydrogen-bond donors (Lipinski definition) is 1. The first-order chi connectivity index (χ1) is 17.3. The van der Waals surface area contributed by atoms with Crippen LogP contribution in [0.15, 0.2) is 72.9 Å². The second-order valence-electron chi connectivity index (χ2n) is 8.98. The minimum absolute atomic E-state index is 0.152. The van der Waals surface area contributed by atoms with E-state index in [1.165, 1.54) is 4.31 Å². The largest absolute Gasteiger partial charge is 0.322 e. The minimum atomic E-state index is -3.35. The van der Waals surface area contributed by atoms with Gasteiger partial charge in [0, 0.05) is 34.9 Å². The maximum Gasteiger partial charge on any atom is 0.255 e. The molecular formula is C28H26ClN3O3S. The zero-order valence-electron chi connectivity index (χ0n) is 19.9. The van der Waals surface area contributed by atoms with E-state index in [1.54, 1.807) is 36.5 Å². The lowest BCUT2D eigenvalue weighted by atomic mass is 10.0. The van der Waals surface area contributed by atoms with Gasteiger partial charge in [-0.15, -0.1) is 0 Å². The zero-order chi connectivity index (χ0) is 25.3. The first-order valence-corrected chi connectivity index (χ1v) is 13.9. The molecule has 0 spiro atoms. The van der Waals surface area contributed by atoms with Gasteiger partial charge in [0.25, 0.3) is 5.91 Å². The van der Waals surface area contributed by atoms with Crippen molar-refractivity contribution in [2.75, 3.05) is 21.9 Å². The highest BCUT2D eigenvalue weighted by Crippen LogP contribution is 2.34. The van der Waals surface area contributed by atoms with E-state index in [1.807, 2.05) is 43.3 Å². The molecular weight excluding hydrogens is 494 g/mol. The molecule has 0 radical (unpaired) electrons. The molecule has 1 fully saturated rings. The van der Waals surface area contributed by atoms with Crippen LogP contribution < -0.4 is 9.62 Å². The van der Waals surface area contributed by atoms with Gasteiger partial charge in [0.05, 0.1) is 22.2 Å². The third-order valence-corrected chi connectivity index (χ3v) is 8.69. The van der Waals surface area contributed by atoms with Gasteiger partial charge in [-0.2, -0.15) is 0 Å². The fourth-order valence-corrected chi connectivity index (χ4v) is 6.47. The second-order valence-corrected chi connectivity index (χ2v) is 11.4. The van der Waals surface area contributed by atoms with Crippen LogP contribution in [0.1, 0.15) is 35.2 Å². The zero-order valence-corrected chi connectivity index (χ0v) is 21.4. The van der Waals surface area contributed by atoms with Gasteiger partial charge in [-0.05, 0) is 73.2 Å². The first-order valence-electron chi connectivity index (χ1n) is 11.9. The Morgan fingerprint density at radius 2 is 1.83 bits per heavy atom. The average molecular weight is 520 g/mol. The van der Waals surface area contributed by atoms with Crippen LogP contribution in [0.5, 0.6) is 0 Å². The van der Waals surface area contributed by atoms with Gasteiger partial charge < -0.3 is 5.32 Å². The Bertz CT molecular complexity index is 1560. The number of anilines is 2. The summed E-state index contributed by atoms with van der Waals surface area (Å²) in [6.07, 6.45) is 4.14. The van der Waals surface area contributed by atoms with Crippen molar-refractivity contribution in [2.24, 2.45) is 0 Å². The highest BCUT2D eigenvalue weighted by atomic mass is 35.5. The summed E-state index contributed by atoms with van der Waals surface area (Å²) < 4.78 is 26.8. The van der Waals surface area contributed by atoms with Crippen molar-refractivity contribution in [3.05, 3.63) is 89.1 Å². The summed E-state index contributed by atoms with van der Waals surface area (Å²) in [4.78, 5) is 17.7. The van der Waals surface area contributed by atoms with Crippen LogP contribution in [0.25, 0.3) is 22.0 Å². The maximum atomic E-state index is 13.2. The summed E-state index contributed by atoms with van der Waals surface area (Å²) >= 11 is 6.53. The monoisotopic (exact) mass is 519 g/mol. The number of carbonyl (C=O) groups excluding carboxylic acids is 1. The third-order valence-electron chi connectivity index (χ3n) is 6.49. The van der Waals surface area contributed by atoms with Gasteiger partial charge in [-0.25, -0.2) is 8.42 Å². The van der Waals surface area contributed by atoms with Crippen molar-refractivity contribution in [2.45, 2.75) is 26.2 Å². The Kier molecular flexibility index (Phi) is 6.69. The number of sulfonamides is 1. The topological polar surface area (TPSA) is 79.4 Å². The molecule has 4 aromatic rings. The summed E-state index contributed by atoms with van der Waals surface area (Å²) in [5.41, 5.74) is 3.84. The second kappa shape index (κ2) is 9.91. The van der Waals surface area contributed by atoms with Gasteiger partial charge in [0.15, 0.2) is 0 Å². The number of benzene rings is 3. The van der Waals surface area contributed by atoms with E-state index in [-0.39, 0.29) is 11.7 Å². The predicted octanol–water partition coefficient (Wildman–Crippen LogP) is 6.44. The molecule has 1 amide bonds. The molecule has 0 bridgehead atoms. The van der Waals surface area contributed by atoms with E-state index in [0.717, 1.165) is 34.9 Å². The lowest BCUT2D eigenvalue weighted by Gasteiger charge is -2.23. The van der Waals surface area contributed by atoms with Gasteiger partial charge in [0.2, 0.25) is 10.0 Å². The van der Waals surface area contributed by atoms with Gasteiger partial charge in [-0.1, -0.05) is 42.3 Å². The van der Waals surface area contributed by atoms with Gasteiger partial charge in [0.1, 0.15) is 0 Å². The lowest BCUT2D eigenvalue weighted by molar-refractivity contribution is 0.102. The number of halogens is 1. The van der Waals surface area contributed by atoms with E-state index in [2.05, 4.69) is 10.3 Å². The number of fused-ring (bicyclic) bond motifs is 1. The molecule has 184 valence electrons. The highest BCUT2D eigenvalue weighted by molar-refractivity contribution is 7.92. The van der Waals surface area contributed by atoms with Gasteiger partial charge >= 0.3 is 0 Å². The molecule has 1 aliphatic rings. The summed E-state index contributed by atoms with van der Waals surface area (Å²) in [6, 6.07) is 20.4. The number of nitrogens with one attached hydrogen (secondary N) is 1. The van der Waals surface area contributed by atoms with Crippen LogP contribution in [-0.4, -0.2) is 31.6 Å². The average Bonchev–Trinajstić information content (AvgIpc) is 3.04. The van der Waals surface area contributed by atoms with Crippen LogP contribution in [0.3, 0.4) is 0 Å². The number of carbonyl (C=O) groups is 1. The third kappa shape index (κ3) is 4.81. The number of amides is 1. The summed E-state index contributed by atoms with van der Waals surface area (Å²) in [6.45, 7) is 2.28. The fourth-order valence-electron chi connectivity index (χ4n) is 4.63. The lowest BCUT2D eigenvalue weighted by Crippen LogP contribution is -2.32. The van der Waals surface area contributed by atoms with Crippen LogP contribution >= 0.6 is 11.6 Å². The number of aromatic nitrogens is 1. The molecule has 1 N–H and O–H groups in total. The Hall–Kier alpha value is -3.42.